The molecule has 1 aromatic rings. The molecule has 1 aliphatic heterocycles. The van der Waals surface area contributed by atoms with Crippen molar-refractivity contribution in [2.24, 2.45) is 5.92 Å². The van der Waals surface area contributed by atoms with Crippen molar-refractivity contribution in [3.63, 3.8) is 0 Å². The molecule has 1 fully saturated rings. The fourth-order valence-electron chi connectivity index (χ4n) is 2.39. The molecule has 0 unspecified atom stereocenters. The number of halogens is 1. The number of carboxylic acid groups (broad SMARTS) is 1. The van der Waals surface area contributed by atoms with Gasteiger partial charge in [0.1, 0.15) is 0 Å². The van der Waals surface area contributed by atoms with Gasteiger partial charge in [0, 0.05) is 19.5 Å². The van der Waals surface area contributed by atoms with Crippen LogP contribution in [-0.4, -0.2) is 35.0 Å². The SMILES string of the molecule is O=C(O)CC1CCN(C(=O)c2ccccc2Cl)CC1. The van der Waals surface area contributed by atoms with Gasteiger partial charge in [-0.05, 0) is 30.9 Å². The van der Waals surface area contributed by atoms with Crippen LogP contribution in [0, 0.1) is 5.92 Å². The first-order chi connectivity index (χ1) is 9.08. The molecular formula is C14H16ClNO3. The number of amides is 1. The highest BCUT2D eigenvalue weighted by Crippen LogP contribution is 2.23. The number of nitrogens with zero attached hydrogens (tertiary/aromatic N) is 1. The maximum atomic E-state index is 12.3. The first-order valence-corrected chi connectivity index (χ1v) is 6.71. The van der Waals surface area contributed by atoms with Crippen molar-refractivity contribution in [3.05, 3.63) is 34.9 Å². The summed E-state index contributed by atoms with van der Waals surface area (Å²) in [5, 5.41) is 9.22. The van der Waals surface area contributed by atoms with Crippen LogP contribution in [0.1, 0.15) is 29.6 Å². The summed E-state index contributed by atoms with van der Waals surface area (Å²) in [4.78, 5) is 24.7. The van der Waals surface area contributed by atoms with E-state index in [9.17, 15) is 9.59 Å². The average molecular weight is 282 g/mol. The van der Waals surface area contributed by atoms with Crippen LogP contribution in [0.3, 0.4) is 0 Å². The predicted molar refractivity (Wildman–Crippen MR) is 72.3 cm³/mol. The number of piperidine rings is 1. The molecule has 102 valence electrons. The Bertz CT molecular complexity index is 481. The van der Waals surface area contributed by atoms with Crippen molar-refractivity contribution in [1.82, 2.24) is 4.90 Å². The number of rotatable bonds is 3. The zero-order valence-electron chi connectivity index (χ0n) is 10.5. The third-order valence-electron chi connectivity index (χ3n) is 3.47. The maximum Gasteiger partial charge on any atom is 0.303 e. The van der Waals surface area contributed by atoms with Gasteiger partial charge in [-0.25, -0.2) is 0 Å². The molecule has 0 saturated carbocycles. The molecule has 5 heteroatoms. The first-order valence-electron chi connectivity index (χ1n) is 6.33. The zero-order chi connectivity index (χ0) is 13.8. The second kappa shape index (κ2) is 6.06. The average Bonchev–Trinajstić information content (AvgIpc) is 2.39. The minimum atomic E-state index is -0.768. The molecule has 0 aliphatic carbocycles. The Morgan fingerprint density at radius 2 is 1.89 bits per heavy atom. The number of benzene rings is 1. The molecular weight excluding hydrogens is 266 g/mol. The summed E-state index contributed by atoms with van der Waals surface area (Å²) < 4.78 is 0. The van der Waals surface area contributed by atoms with Gasteiger partial charge in [0.25, 0.3) is 5.91 Å². The molecule has 1 saturated heterocycles. The van der Waals surface area contributed by atoms with Crippen molar-refractivity contribution in [2.45, 2.75) is 19.3 Å². The summed E-state index contributed by atoms with van der Waals surface area (Å²) in [6.07, 6.45) is 1.67. The lowest BCUT2D eigenvalue weighted by atomic mass is 9.93. The summed E-state index contributed by atoms with van der Waals surface area (Å²) in [5.41, 5.74) is 0.515. The van der Waals surface area contributed by atoms with E-state index in [0.717, 1.165) is 12.8 Å². The van der Waals surface area contributed by atoms with Crippen molar-refractivity contribution < 1.29 is 14.7 Å². The largest absolute Gasteiger partial charge is 0.481 e. The number of carbonyl (C=O) groups excluding carboxylic acids is 1. The molecule has 0 atom stereocenters. The van der Waals surface area contributed by atoms with E-state index in [0.29, 0.717) is 23.7 Å². The van der Waals surface area contributed by atoms with E-state index in [1.165, 1.54) is 0 Å². The molecule has 0 bridgehead atoms. The summed E-state index contributed by atoms with van der Waals surface area (Å²) in [6, 6.07) is 6.99. The van der Waals surface area contributed by atoms with Gasteiger partial charge >= 0.3 is 5.97 Å². The molecule has 1 heterocycles. The quantitative estimate of drug-likeness (QED) is 0.927. The Labute approximate surface area is 117 Å². The molecule has 19 heavy (non-hydrogen) atoms. The lowest BCUT2D eigenvalue weighted by molar-refractivity contribution is -0.138. The van der Waals surface area contributed by atoms with Gasteiger partial charge in [-0.15, -0.1) is 0 Å². The van der Waals surface area contributed by atoms with E-state index < -0.39 is 5.97 Å². The van der Waals surface area contributed by atoms with Crippen molar-refractivity contribution in [2.75, 3.05) is 13.1 Å². The minimum absolute atomic E-state index is 0.0700. The van der Waals surface area contributed by atoms with Crippen LogP contribution in [0.2, 0.25) is 5.02 Å². The molecule has 4 nitrogen and oxygen atoms in total. The maximum absolute atomic E-state index is 12.3. The van der Waals surface area contributed by atoms with E-state index in [4.69, 9.17) is 16.7 Å². The molecule has 1 aliphatic rings. The third-order valence-corrected chi connectivity index (χ3v) is 3.80. The third kappa shape index (κ3) is 3.47. The van der Waals surface area contributed by atoms with Crippen LogP contribution in [-0.2, 0) is 4.79 Å². The van der Waals surface area contributed by atoms with E-state index in [-0.39, 0.29) is 18.2 Å². The lowest BCUT2D eigenvalue weighted by Gasteiger charge is -2.31. The Morgan fingerprint density at radius 1 is 1.26 bits per heavy atom. The van der Waals surface area contributed by atoms with Gasteiger partial charge in [0.15, 0.2) is 0 Å². The minimum Gasteiger partial charge on any atom is -0.481 e. The van der Waals surface area contributed by atoms with E-state index in [2.05, 4.69) is 0 Å². The Balaban J connectivity index is 1.96. The first kappa shape index (κ1) is 13.9. The highest BCUT2D eigenvalue weighted by Gasteiger charge is 2.25. The monoisotopic (exact) mass is 281 g/mol. The second-order valence-electron chi connectivity index (χ2n) is 4.81. The molecule has 1 N–H and O–H groups in total. The summed E-state index contributed by atoms with van der Waals surface area (Å²) >= 11 is 6.01. The van der Waals surface area contributed by atoms with E-state index in [1.54, 1.807) is 29.2 Å². The van der Waals surface area contributed by atoms with Crippen LogP contribution < -0.4 is 0 Å². The normalized spacial score (nSPS) is 16.4. The topological polar surface area (TPSA) is 57.6 Å². The Morgan fingerprint density at radius 3 is 2.47 bits per heavy atom. The van der Waals surface area contributed by atoms with Crippen LogP contribution in [0.4, 0.5) is 0 Å². The fraction of sp³-hybridized carbons (Fsp3) is 0.429. The summed E-state index contributed by atoms with van der Waals surface area (Å²) in [7, 11) is 0. The number of carboxylic acids is 1. The summed E-state index contributed by atoms with van der Waals surface area (Å²) in [6.45, 7) is 1.20. The van der Waals surface area contributed by atoms with Crippen molar-refractivity contribution in [1.29, 1.82) is 0 Å². The van der Waals surface area contributed by atoms with Gasteiger partial charge in [-0.3, -0.25) is 9.59 Å². The molecule has 0 radical (unpaired) electrons. The van der Waals surface area contributed by atoms with Crippen LogP contribution in [0.5, 0.6) is 0 Å². The van der Waals surface area contributed by atoms with E-state index in [1.807, 2.05) is 0 Å². The van der Waals surface area contributed by atoms with Crippen LogP contribution >= 0.6 is 11.6 Å². The highest BCUT2D eigenvalue weighted by atomic mass is 35.5. The standard InChI is InChI=1S/C14H16ClNO3/c15-12-4-2-1-3-11(12)14(19)16-7-5-10(6-8-16)9-13(17)18/h1-4,10H,5-9H2,(H,17,18). The fourth-order valence-corrected chi connectivity index (χ4v) is 2.61. The van der Waals surface area contributed by atoms with Gasteiger partial charge < -0.3 is 10.0 Å². The second-order valence-corrected chi connectivity index (χ2v) is 5.22. The Hall–Kier alpha value is -1.55. The zero-order valence-corrected chi connectivity index (χ0v) is 11.3. The number of hydrogen-bond donors (Lipinski definition) is 1. The molecule has 1 amide bonds. The Kier molecular flexibility index (Phi) is 4.43. The summed E-state index contributed by atoms with van der Waals surface area (Å²) in [5.74, 6) is -0.664. The van der Waals surface area contributed by atoms with Crippen molar-refractivity contribution in [3.8, 4) is 0 Å². The predicted octanol–water partition coefficient (Wildman–Crippen LogP) is 2.67. The van der Waals surface area contributed by atoms with Crippen molar-refractivity contribution >= 4 is 23.5 Å². The smallest absolute Gasteiger partial charge is 0.303 e. The van der Waals surface area contributed by atoms with E-state index >= 15 is 0 Å². The number of hydrogen-bond acceptors (Lipinski definition) is 2. The van der Waals surface area contributed by atoms with Gasteiger partial charge in [-0.2, -0.15) is 0 Å². The molecule has 0 aromatic heterocycles. The number of likely N-dealkylation sites (tertiary alicyclic amines) is 1. The number of aliphatic carboxylic acids is 1. The van der Waals surface area contributed by atoms with Gasteiger partial charge in [-0.1, -0.05) is 23.7 Å². The molecule has 0 spiro atoms. The lowest BCUT2D eigenvalue weighted by Crippen LogP contribution is -2.39. The molecule has 1 aromatic carbocycles. The van der Waals surface area contributed by atoms with Crippen LogP contribution in [0.25, 0.3) is 0 Å². The van der Waals surface area contributed by atoms with Gasteiger partial charge in [0.05, 0.1) is 10.6 Å². The molecule has 2 rings (SSSR count). The van der Waals surface area contributed by atoms with Gasteiger partial charge in [0.2, 0.25) is 0 Å². The van der Waals surface area contributed by atoms with Crippen LogP contribution in [0.15, 0.2) is 24.3 Å². The highest BCUT2D eigenvalue weighted by molar-refractivity contribution is 6.33. The number of carbonyl (C=O) groups is 2.